The van der Waals surface area contributed by atoms with Crippen LogP contribution in [0.15, 0.2) is 18.7 Å². The smallest absolute Gasteiger partial charge is 0.222 e. The zero-order chi connectivity index (χ0) is 13.1. The van der Waals surface area contributed by atoms with Crippen LogP contribution in [0.2, 0.25) is 0 Å². The zero-order valence-electron chi connectivity index (χ0n) is 10.7. The topological polar surface area (TPSA) is 88.6 Å². The van der Waals surface area contributed by atoms with Gasteiger partial charge < -0.3 is 10.1 Å². The highest BCUT2D eigenvalue weighted by Crippen LogP contribution is 2.32. The number of rotatable bonds is 4. The fraction of sp³-hybridized carbons (Fsp3) is 0.500. The number of H-pyrrole nitrogens is 1. The monoisotopic (exact) mass is 260 g/mol. The number of aromatic nitrogens is 5. The van der Waals surface area contributed by atoms with Gasteiger partial charge in [-0.1, -0.05) is 0 Å². The van der Waals surface area contributed by atoms with Crippen LogP contribution in [0.1, 0.15) is 23.9 Å². The molecule has 1 aliphatic rings. The Bertz CT molecular complexity index is 512. The molecule has 0 bridgehead atoms. The van der Waals surface area contributed by atoms with Gasteiger partial charge in [0.25, 0.3) is 0 Å². The van der Waals surface area contributed by atoms with Crippen molar-refractivity contribution in [2.24, 2.45) is 5.92 Å². The molecule has 0 aromatic carbocycles. The van der Waals surface area contributed by atoms with Crippen LogP contribution < -0.4 is 5.32 Å². The van der Waals surface area contributed by atoms with Crippen LogP contribution in [-0.4, -0.2) is 38.3 Å². The van der Waals surface area contributed by atoms with E-state index in [0.717, 1.165) is 31.0 Å². The normalized spacial score (nSPS) is 22.6. The first-order chi connectivity index (χ1) is 9.33. The van der Waals surface area contributed by atoms with Crippen LogP contribution >= 0.6 is 0 Å². The number of ether oxygens (including phenoxy) is 1. The average Bonchev–Trinajstić information content (AvgIpc) is 3.08. The Kier molecular flexibility index (Phi) is 3.37. The third-order valence-corrected chi connectivity index (χ3v) is 3.22. The van der Waals surface area contributed by atoms with Gasteiger partial charge in [-0.3, -0.25) is 5.10 Å². The molecule has 0 radical (unpaired) electrons. The minimum absolute atomic E-state index is 0.0274. The van der Waals surface area contributed by atoms with E-state index in [1.165, 1.54) is 6.33 Å². The molecule has 3 heterocycles. The summed E-state index contributed by atoms with van der Waals surface area (Å²) in [4.78, 5) is 12.6. The fourth-order valence-electron chi connectivity index (χ4n) is 2.20. The number of nitrogens with zero attached hydrogens (tertiary/aromatic N) is 4. The van der Waals surface area contributed by atoms with Gasteiger partial charge in [0.05, 0.1) is 0 Å². The molecule has 0 aliphatic carbocycles. The number of nitrogens with one attached hydrogen (secondary N) is 2. The largest absolute Gasteiger partial charge is 0.370 e. The molecular formula is C12H16N6O. The van der Waals surface area contributed by atoms with Crippen molar-refractivity contribution in [1.82, 2.24) is 25.1 Å². The molecule has 7 nitrogen and oxygen atoms in total. The molecule has 2 aromatic heterocycles. The SMILES string of the molecule is Cc1cnc(NC[C@@H]2CCO[C@@H]2c2ncn[nH]2)nc1. The van der Waals surface area contributed by atoms with Gasteiger partial charge in [-0.05, 0) is 18.9 Å². The standard InChI is InChI=1S/C12H16N6O/c1-8-4-13-12(14-5-8)15-6-9-2-3-19-10(9)11-16-7-17-18-11/h4-5,7,9-10H,2-3,6H2,1H3,(H,13,14,15)(H,16,17,18)/t9-,10-/m0/s1. The Morgan fingerprint density at radius 3 is 2.95 bits per heavy atom. The minimum atomic E-state index is -0.0274. The predicted molar refractivity (Wildman–Crippen MR) is 68.4 cm³/mol. The van der Waals surface area contributed by atoms with Crippen molar-refractivity contribution >= 4 is 5.95 Å². The van der Waals surface area contributed by atoms with Crippen LogP contribution in [0.5, 0.6) is 0 Å². The summed E-state index contributed by atoms with van der Waals surface area (Å²) in [5, 5.41) is 9.98. The van der Waals surface area contributed by atoms with Crippen LogP contribution in [0.4, 0.5) is 5.95 Å². The fourth-order valence-corrected chi connectivity index (χ4v) is 2.20. The summed E-state index contributed by atoms with van der Waals surface area (Å²) < 4.78 is 5.70. The molecular weight excluding hydrogens is 244 g/mol. The van der Waals surface area contributed by atoms with Gasteiger partial charge in [-0.25, -0.2) is 15.0 Å². The molecule has 2 aromatic rings. The van der Waals surface area contributed by atoms with E-state index in [9.17, 15) is 0 Å². The lowest BCUT2D eigenvalue weighted by atomic mass is 10.0. The van der Waals surface area contributed by atoms with Crippen molar-refractivity contribution in [3.8, 4) is 0 Å². The molecule has 1 aliphatic heterocycles. The number of aryl methyl sites for hydroxylation is 1. The second-order valence-electron chi connectivity index (χ2n) is 4.68. The average molecular weight is 260 g/mol. The molecule has 2 atom stereocenters. The van der Waals surface area contributed by atoms with Crippen molar-refractivity contribution in [3.05, 3.63) is 30.1 Å². The van der Waals surface area contributed by atoms with Gasteiger partial charge in [0.15, 0.2) is 5.82 Å². The van der Waals surface area contributed by atoms with Gasteiger partial charge in [-0.15, -0.1) is 0 Å². The van der Waals surface area contributed by atoms with E-state index in [2.05, 4.69) is 30.5 Å². The predicted octanol–water partition coefficient (Wildman–Crippen LogP) is 1.09. The van der Waals surface area contributed by atoms with E-state index in [0.29, 0.717) is 11.9 Å². The number of aromatic amines is 1. The lowest BCUT2D eigenvalue weighted by Crippen LogP contribution is -2.19. The first-order valence-electron chi connectivity index (χ1n) is 6.32. The quantitative estimate of drug-likeness (QED) is 0.855. The van der Waals surface area contributed by atoms with Crippen molar-refractivity contribution in [3.63, 3.8) is 0 Å². The summed E-state index contributed by atoms with van der Waals surface area (Å²) in [6, 6.07) is 0. The van der Waals surface area contributed by atoms with E-state index < -0.39 is 0 Å². The highest BCUT2D eigenvalue weighted by molar-refractivity contribution is 5.24. The second-order valence-corrected chi connectivity index (χ2v) is 4.68. The Morgan fingerprint density at radius 1 is 1.37 bits per heavy atom. The third kappa shape index (κ3) is 2.70. The molecule has 1 fully saturated rings. The van der Waals surface area contributed by atoms with Gasteiger partial charge in [0.2, 0.25) is 5.95 Å². The summed E-state index contributed by atoms with van der Waals surface area (Å²) in [7, 11) is 0. The van der Waals surface area contributed by atoms with Gasteiger partial charge >= 0.3 is 0 Å². The maximum atomic E-state index is 5.70. The van der Waals surface area contributed by atoms with Crippen LogP contribution in [-0.2, 0) is 4.74 Å². The van der Waals surface area contributed by atoms with Crippen LogP contribution in [0.3, 0.4) is 0 Å². The lowest BCUT2D eigenvalue weighted by Gasteiger charge is -2.16. The number of anilines is 1. The molecule has 1 saturated heterocycles. The summed E-state index contributed by atoms with van der Waals surface area (Å²) >= 11 is 0. The lowest BCUT2D eigenvalue weighted by molar-refractivity contribution is 0.0864. The molecule has 19 heavy (non-hydrogen) atoms. The maximum absolute atomic E-state index is 5.70. The van der Waals surface area contributed by atoms with E-state index in [1.807, 2.05) is 6.92 Å². The highest BCUT2D eigenvalue weighted by atomic mass is 16.5. The number of hydrogen-bond acceptors (Lipinski definition) is 6. The van der Waals surface area contributed by atoms with Crippen molar-refractivity contribution < 1.29 is 4.74 Å². The number of hydrogen-bond donors (Lipinski definition) is 2. The summed E-state index contributed by atoms with van der Waals surface area (Å²) in [6.45, 7) is 3.47. The molecule has 2 N–H and O–H groups in total. The third-order valence-electron chi connectivity index (χ3n) is 3.22. The van der Waals surface area contributed by atoms with E-state index >= 15 is 0 Å². The van der Waals surface area contributed by atoms with E-state index in [-0.39, 0.29) is 6.10 Å². The second kappa shape index (κ2) is 5.31. The summed E-state index contributed by atoms with van der Waals surface area (Å²) in [5.74, 6) is 1.78. The van der Waals surface area contributed by atoms with Crippen LogP contribution in [0.25, 0.3) is 0 Å². The van der Waals surface area contributed by atoms with Crippen molar-refractivity contribution in [1.29, 1.82) is 0 Å². The maximum Gasteiger partial charge on any atom is 0.222 e. The Balaban J connectivity index is 1.61. The van der Waals surface area contributed by atoms with Crippen LogP contribution in [0, 0.1) is 12.8 Å². The van der Waals surface area contributed by atoms with Crippen molar-refractivity contribution in [2.75, 3.05) is 18.5 Å². The molecule has 3 rings (SSSR count). The summed E-state index contributed by atoms with van der Waals surface area (Å²) in [6.07, 6.45) is 6.07. The first-order valence-corrected chi connectivity index (χ1v) is 6.32. The molecule has 0 unspecified atom stereocenters. The molecule has 0 spiro atoms. The minimum Gasteiger partial charge on any atom is -0.370 e. The first kappa shape index (κ1) is 12.0. The zero-order valence-corrected chi connectivity index (χ0v) is 10.7. The molecule has 0 amide bonds. The van der Waals surface area contributed by atoms with E-state index in [4.69, 9.17) is 4.74 Å². The Morgan fingerprint density at radius 2 is 2.21 bits per heavy atom. The van der Waals surface area contributed by atoms with Gasteiger partial charge in [-0.2, -0.15) is 5.10 Å². The van der Waals surface area contributed by atoms with E-state index in [1.54, 1.807) is 12.4 Å². The summed E-state index contributed by atoms with van der Waals surface area (Å²) in [5.41, 5.74) is 1.05. The molecule has 100 valence electrons. The molecule has 0 saturated carbocycles. The van der Waals surface area contributed by atoms with Gasteiger partial charge in [0, 0.05) is 31.5 Å². The molecule has 7 heteroatoms. The van der Waals surface area contributed by atoms with Gasteiger partial charge in [0.1, 0.15) is 12.4 Å². The Hall–Kier alpha value is -2.02. The Labute approximate surface area is 110 Å². The van der Waals surface area contributed by atoms with Crippen molar-refractivity contribution in [2.45, 2.75) is 19.4 Å². The highest BCUT2D eigenvalue weighted by Gasteiger charge is 2.31.